The van der Waals surface area contributed by atoms with E-state index in [0.717, 1.165) is 44.9 Å². The van der Waals surface area contributed by atoms with Gasteiger partial charge in [-0.2, -0.15) is 0 Å². The molecule has 1 heterocycles. The molecule has 21 heavy (non-hydrogen) atoms. The zero-order valence-corrected chi connectivity index (χ0v) is 12.9. The minimum atomic E-state index is -0.277. The lowest BCUT2D eigenvalue weighted by molar-refractivity contribution is 0.00278. The van der Waals surface area contributed by atoms with Gasteiger partial charge in [0, 0.05) is 23.9 Å². The zero-order valence-electron chi connectivity index (χ0n) is 12.9. The van der Waals surface area contributed by atoms with E-state index >= 15 is 0 Å². The summed E-state index contributed by atoms with van der Waals surface area (Å²) in [6.45, 7) is 0. The molecule has 0 aromatic rings. The highest BCUT2D eigenvalue weighted by molar-refractivity contribution is 5.17. The smallest absolute Gasteiger partial charge is 0.0620 e. The first-order valence-electron chi connectivity index (χ1n) is 8.24. The van der Waals surface area contributed by atoms with E-state index in [1.54, 1.807) is 6.08 Å². The quantitative estimate of drug-likeness (QED) is 0.615. The van der Waals surface area contributed by atoms with Gasteiger partial charge >= 0.3 is 0 Å². The third-order valence-corrected chi connectivity index (χ3v) is 5.12. The maximum Gasteiger partial charge on any atom is 0.0620 e. The minimum absolute atomic E-state index is 0.0318. The van der Waals surface area contributed by atoms with E-state index in [-0.39, 0.29) is 17.6 Å². The van der Waals surface area contributed by atoms with Gasteiger partial charge in [0.05, 0.1) is 6.10 Å². The van der Waals surface area contributed by atoms with Crippen molar-refractivity contribution in [3.05, 3.63) is 12.2 Å². The molecule has 1 aliphatic carbocycles. The van der Waals surface area contributed by atoms with Crippen molar-refractivity contribution in [3.63, 3.8) is 0 Å². The lowest BCUT2D eigenvalue weighted by atomic mass is 9.66. The average molecular weight is 285 g/mol. The molecule has 0 unspecified atom stereocenters. The first-order chi connectivity index (χ1) is 10.2. The van der Waals surface area contributed by atoms with Crippen molar-refractivity contribution in [3.8, 4) is 24.7 Å². The molecule has 0 aromatic carbocycles. The third kappa shape index (κ3) is 3.91. The predicted octanol–water partition coefficient (Wildman–Crippen LogP) is 3.02. The fraction of sp³-hybridized carbons (Fsp3) is 0.684. The van der Waals surface area contributed by atoms with E-state index in [0.29, 0.717) is 6.04 Å². The zero-order chi connectivity index (χ0) is 15.1. The van der Waals surface area contributed by atoms with Gasteiger partial charge in [-0.25, -0.2) is 0 Å². The van der Waals surface area contributed by atoms with Gasteiger partial charge in [-0.3, -0.25) is 0 Å². The Morgan fingerprint density at radius 2 is 2.00 bits per heavy atom. The van der Waals surface area contributed by atoms with Crippen LogP contribution in [-0.4, -0.2) is 22.8 Å². The number of hydrogen-bond acceptors (Lipinski definition) is 2. The standard InChI is InChI=1S/C19H27NO/c1-3-5-7-10-16-11-8-14-19(20-16)15-9-13-18(21)17(19)12-6-4-2/h1-2,6,12,16-18,20-21H,5,7-11,13-15H2/b12-6-/t16-,17-,18+,19-/m1/s1. The van der Waals surface area contributed by atoms with Crippen molar-refractivity contribution in [2.45, 2.75) is 75.5 Å². The second-order valence-corrected chi connectivity index (χ2v) is 6.50. The maximum absolute atomic E-state index is 10.4. The summed E-state index contributed by atoms with van der Waals surface area (Å²) in [5, 5.41) is 14.3. The van der Waals surface area contributed by atoms with Crippen molar-refractivity contribution < 1.29 is 5.11 Å². The van der Waals surface area contributed by atoms with Crippen LogP contribution in [-0.2, 0) is 0 Å². The first-order valence-corrected chi connectivity index (χ1v) is 8.24. The van der Waals surface area contributed by atoms with E-state index in [1.807, 2.05) is 6.08 Å². The van der Waals surface area contributed by atoms with Crippen molar-refractivity contribution in [1.82, 2.24) is 5.32 Å². The van der Waals surface area contributed by atoms with Crippen LogP contribution in [0.4, 0.5) is 0 Å². The van der Waals surface area contributed by atoms with E-state index in [2.05, 4.69) is 17.2 Å². The Morgan fingerprint density at radius 1 is 1.24 bits per heavy atom. The van der Waals surface area contributed by atoms with E-state index in [1.165, 1.54) is 12.8 Å². The number of unbranched alkanes of at least 4 members (excludes halogenated alkanes) is 1. The van der Waals surface area contributed by atoms with E-state index in [9.17, 15) is 5.11 Å². The molecule has 0 radical (unpaired) electrons. The van der Waals surface area contributed by atoms with Crippen LogP contribution < -0.4 is 5.32 Å². The third-order valence-electron chi connectivity index (χ3n) is 5.12. The molecular formula is C19H27NO. The van der Waals surface area contributed by atoms with Crippen LogP contribution in [0.1, 0.15) is 57.8 Å². The summed E-state index contributed by atoms with van der Waals surface area (Å²) in [5.74, 6) is 5.43. The second kappa shape index (κ2) is 7.69. The highest BCUT2D eigenvalue weighted by Gasteiger charge is 2.45. The van der Waals surface area contributed by atoms with Gasteiger partial charge < -0.3 is 10.4 Å². The molecule has 0 amide bonds. The summed E-state index contributed by atoms with van der Waals surface area (Å²) in [7, 11) is 0. The molecule has 1 saturated heterocycles. The Morgan fingerprint density at radius 3 is 2.71 bits per heavy atom. The van der Waals surface area contributed by atoms with E-state index in [4.69, 9.17) is 12.8 Å². The van der Waals surface area contributed by atoms with Crippen LogP contribution in [0.2, 0.25) is 0 Å². The largest absolute Gasteiger partial charge is 0.392 e. The summed E-state index contributed by atoms with van der Waals surface area (Å²) in [6, 6.07) is 0.527. The van der Waals surface area contributed by atoms with Crippen LogP contribution >= 0.6 is 0 Å². The van der Waals surface area contributed by atoms with Gasteiger partial charge in [0.2, 0.25) is 0 Å². The molecule has 1 aliphatic heterocycles. The molecule has 0 aromatic heterocycles. The van der Waals surface area contributed by atoms with Gasteiger partial charge in [0.15, 0.2) is 0 Å². The van der Waals surface area contributed by atoms with E-state index < -0.39 is 0 Å². The molecule has 2 fully saturated rings. The summed E-state index contributed by atoms with van der Waals surface area (Å²) >= 11 is 0. The number of nitrogens with one attached hydrogen (secondary N) is 1. The van der Waals surface area contributed by atoms with Crippen LogP contribution in [0.15, 0.2) is 12.2 Å². The van der Waals surface area contributed by atoms with Gasteiger partial charge in [-0.05, 0) is 51.0 Å². The molecule has 2 N–H and O–H groups in total. The van der Waals surface area contributed by atoms with Crippen molar-refractivity contribution in [2.75, 3.05) is 0 Å². The summed E-state index contributed by atoms with van der Waals surface area (Å²) in [5.41, 5.74) is 0.0318. The lowest BCUT2D eigenvalue weighted by Crippen LogP contribution is -2.61. The second-order valence-electron chi connectivity index (χ2n) is 6.50. The fourth-order valence-corrected chi connectivity index (χ4v) is 4.15. The molecule has 1 spiro atoms. The number of aliphatic hydroxyl groups is 1. The van der Waals surface area contributed by atoms with Gasteiger partial charge in [-0.15, -0.1) is 18.8 Å². The molecule has 2 nitrogen and oxygen atoms in total. The van der Waals surface area contributed by atoms with Crippen LogP contribution in [0.5, 0.6) is 0 Å². The van der Waals surface area contributed by atoms with Crippen LogP contribution in [0.3, 0.4) is 0 Å². The molecule has 0 bridgehead atoms. The molecule has 114 valence electrons. The Balaban J connectivity index is 2.07. The fourth-order valence-electron chi connectivity index (χ4n) is 4.15. The molecule has 4 atom stereocenters. The lowest BCUT2D eigenvalue weighted by Gasteiger charge is -2.51. The summed E-state index contributed by atoms with van der Waals surface area (Å²) in [6.07, 6.45) is 24.0. The normalized spacial score (nSPS) is 36.4. The number of aliphatic hydroxyl groups excluding tert-OH is 1. The highest BCUT2D eigenvalue weighted by Crippen LogP contribution is 2.41. The Labute approximate surface area is 129 Å². The van der Waals surface area contributed by atoms with Gasteiger partial charge in [-0.1, -0.05) is 18.4 Å². The summed E-state index contributed by atoms with van der Waals surface area (Å²) in [4.78, 5) is 0. The number of piperidine rings is 1. The van der Waals surface area contributed by atoms with Gasteiger partial charge in [0.1, 0.15) is 0 Å². The first kappa shape index (κ1) is 16.2. The van der Waals surface area contributed by atoms with Crippen LogP contribution in [0, 0.1) is 30.6 Å². The molecule has 1 saturated carbocycles. The summed E-state index contributed by atoms with van der Waals surface area (Å²) < 4.78 is 0. The highest BCUT2D eigenvalue weighted by atomic mass is 16.3. The van der Waals surface area contributed by atoms with Crippen molar-refractivity contribution in [1.29, 1.82) is 0 Å². The van der Waals surface area contributed by atoms with Crippen molar-refractivity contribution in [2.24, 2.45) is 5.92 Å². The maximum atomic E-state index is 10.4. The number of hydrogen-bond donors (Lipinski definition) is 2. The Kier molecular flexibility index (Phi) is 5.92. The molecular weight excluding hydrogens is 258 g/mol. The number of rotatable bonds is 4. The topological polar surface area (TPSA) is 32.3 Å². The minimum Gasteiger partial charge on any atom is -0.392 e. The predicted molar refractivity (Wildman–Crippen MR) is 87.5 cm³/mol. The van der Waals surface area contributed by atoms with Crippen molar-refractivity contribution >= 4 is 0 Å². The SMILES string of the molecule is C#C/C=C\[C@@H]1[C@@H](O)CCC[C@]12CCC[C@@H](CCCC#C)N2. The average Bonchev–Trinajstić information content (AvgIpc) is 2.47. The van der Waals surface area contributed by atoms with Gasteiger partial charge in [0.25, 0.3) is 0 Å². The molecule has 2 aliphatic rings. The Bertz CT molecular complexity index is 437. The molecule has 2 rings (SSSR count). The monoisotopic (exact) mass is 285 g/mol. The number of allylic oxidation sites excluding steroid dienone is 1. The van der Waals surface area contributed by atoms with Crippen LogP contribution in [0.25, 0.3) is 0 Å². The molecule has 2 heteroatoms. The number of terminal acetylenes is 2. The Hall–Kier alpha value is -1.22.